The number of nitrogens with zero attached hydrogens (tertiary/aromatic N) is 1. The maximum Gasteiger partial charge on any atom is 0.311 e. The van der Waals surface area contributed by atoms with E-state index in [4.69, 9.17) is 21.1 Å². The van der Waals surface area contributed by atoms with Crippen LogP contribution in [-0.2, 0) is 9.53 Å². The summed E-state index contributed by atoms with van der Waals surface area (Å²) >= 11 is 5.98. The maximum atomic E-state index is 14.3. The largest absolute Gasteiger partial charge is 0.454 e. The number of esters is 1. The number of nitriles is 1. The molecule has 1 aliphatic carbocycles. The molecular weight excluding hydrogens is 465 g/mol. The SMILES string of the molecule is CC(=CC1C(C(=O)OC(C#N)c2ccc(F)c(Oc3ccccc3)c2)C1(C)C)c1ccc(Cl)cc1. The summed E-state index contributed by atoms with van der Waals surface area (Å²) in [6.45, 7) is 5.99. The summed E-state index contributed by atoms with van der Waals surface area (Å²) in [5.74, 6) is -1.04. The monoisotopic (exact) mass is 489 g/mol. The van der Waals surface area contributed by atoms with Crippen LogP contribution in [0.15, 0.2) is 78.9 Å². The maximum absolute atomic E-state index is 14.3. The van der Waals surface area contributed by atoms with Crippen molar-refractivity contribution in [1.29, 1.82) is 5.26 Å². The quantitative estimate of drug-likeness (QED) is 0.318. The van der Waals surface area contributed by atoms with Crippen molar-refractivity contribution in [2.75, 3.05) is 0 Å². The normalized spacial score (nSPS) is 19.4. The molecule has 3 unspecified atom stereocenters. The molecule has 35 heavy (non-hydrogen) atoms. The Hall–Kier alpha value is -3.62. The number of benzene rings is 3. The molecule has 0 N–H and O–H groups in total. The molecule has 1 saturated carbocycles. The highest BCUT2D eigenvalue weighted by molar-refractivity contribution is 6.30. The average molecular weight is 490 g/mol. The van der Waals surface area contributed by atoms with Crippen LogP contribution in [0.5, 0.6) is 11.5 Å². The minimum Gasteiger partial charge on any atom is -0.454 e. The Bertz CT molecular complexity index is 1300. The van der Waals surface area contributed by atoms with E-state index < -0.39 is 17.9 Å². The Morgan fingerprint density at radius 1 is 1.11 bits per heavy atom. The van der Waals surface area contributed by atoms with Gasteiger partial charge in [-0.25, -0.2) is 4.39 Å². The van der Waals surface area contributed by atoms with Gasteiger partial charge in [0, 0.05) is 10.6 Å². The van der Waals surface area contributed by atoms with E-state index in [1.165, 1.54) is 18.2 Å². The molecule has 1 fully saturated rings. The van der Waals surface area contributed by atoms with Gasteiger partial charge in [0.15, 0.2) is 11.6 Å². The van der Waals surface area contributed by atoms with E-state index in [0.717, 1.165) is 11.1 Å². The van der Waals surface area contributed by atoms with E-state index in [1.807, 2.05) is 57.2 Å². The van der Waals surface area contributed by atoms with Gasteiger partial charge in [0.05, 0.1) is 5.92 Å². The lowest BCUT2D eigenvalue weighted by Crippen LogP contribution is -2.14. The number of ether oxygens (including phenoxy) is 2. The molecule has 3 aromatic rings. The van der Waals surface area contributed by atoms with Gasteiger partial charge in [-0.05, 0) is 65.8 Å². The Kier molecular flexibility index (Phi) is 6.95. The van der Waals surface area contributed by atoms with E-state index in [1.54, 1.807) is 24.3 Å². The third kappa shape index (κ3) is 5.39. The van der Waals surface area contributed by atoms with Crippen molar-refractivity contribution in [3.05, 3.63) is 101 Å². The van der Waals surface area contributed by atoms with Crippen molar-refractivity contribution in [2.24, 2.45) is 17.3 Å². The zero-order valence-corrected chi connectivity index (χ0v) is 20.4. The molecule has 6 heteroatoms. The summed E-state index contributed by atoms with van der Waals surface area (Å²) in [6, 6.07) is 22.3. The van der Waals surface area contributed by atoms with Gasteiger partial charge in [0.25, 0.3) is 0 Å². The molecule has 4 nitrogen and oxygen atoms in total. The van der Waals surface area contributed by atoms with Crippen LogP contribution in [0, 0.1) is 34.4 Å². The predicted molar refractivity (Wildman–Crippen MR) is 133 cm³/mol. The van der Waals surface area contributed by atoms with Crippen molar-refractivity contribution in [3.8, 4) is 17.6 Å². The van der Waals surface area contributed by atoms with Crippen LogP contribution in [0.2, 0.25) is 5.02 Å². The zero-order chi connectivity index (χ0) is 25.2. The van der Waals surface area contributed by atoms with Crippen LogP contribution in [0.3, 0.4) is 0 Å². The first-order chi connectivity index (χ1) is 16.7. The third-order valence-corrected chi connectivity index (χ3v) is 6.73. The van der Waals surface area contributed by atoms with E-state index in [-0.39, 0.29) is 23.0 Å². The first-order valence-corrected chi connectivity index (χ1v) is 11.7. The molecule has 0 aromatic heterocycles. The molecule has 0 amide bonds. The van der Waals surface area contributed by atoms with E-state index >= 15 is 0 Å². The van der Waals surface area contributed by atoms with Crippen LogP contribution in [0.1, 0.15) is 38.0 Å². The molecular formula is C29H25ClFNO3. The summed E-state index contributed by atoms with van der Waals surface area (Å²) in [5.41, 5.74) is 2.09. The van der Waals surface area contributed by atoms with Crippen molar-refractivity contribution in [1.82, 2.24) is 0 Å². The Labute approximate surface area is 209 Å². The van der Waals surface area contributed by atoms with Gasteiger partial charge in [-0.1, -0.05) is 67.9 Å². The number of carbonyl (C=O) groups is 1. The van der Waals surface area contributed by atoms with Crippen molar-refractivity contribution in [3.63, 3.8) is 0 Å². The molecule has 3 aromatic carbocycles. The zero-order valence-electron chi connectivity index (χ0n) is 19.7. The van der Waals surface area contributed by atoms with Crippen LogP contribution < -0.4 is 4.74 Å². The molecule has 0 radical (unpaired) electrons. The molecule has 4 rings (SSSR count). The molecule has 1 aliphatic rings. The van der Waals surface area contributed by atoms with Gasteiger partial charge in [-0.2, -0.15) is 5.26 Å². The van der Waals surface area contributed by atoms with Gasteiger partial charge in [0.2, 0.25) is 6.10 Å². The molecule has 178 valence electrons. The second kappa shape index (κ2) is 9.93. The minimum atomic E-state index is -1.18. The predicted octanol–water partition coefficient (Wildman–Crippen LogP) is 7.75. The highest BCUT2D eigenvalue weighted by Crippen LogP contribution is 2.60. The van der Waals surface area contributed by atoms with Crippen LogP contribution in [-0.4, -0.2) is 5.97 Å². The van der Waals surface area contributed by atoms with Crippen LogP contribution in [0.25, 0.3) is 5.57 Å². The number of carbonyl (C=O) groups excluding carboxylic acids is 1. The first-order valence-electron chi connectivity index (χ1n) is 11.3. The smallest absolute Gasteiger partial charge is 0.311 e. The second-order valence-corrected chi connectivity index (χ2v) is 9.67. The standard InChI is InChI=1S/C29H25ClFNO3/c1-18(19-9-12-21(30)13-10-19)15-23-27(29(23,2)3)28(33)35-26(17-32)20-11-14-24(31)25(16-20)34-22-7-5-4-6-8-22/h4-16,23,26-27H,1-3H3. The molecule has 3 atom stereocenters. The number of rotatable bonds is 7. The fourth-order valence-electron chi connectivity index (χ4n) is 4.25. The van der Waals surface area contributed by atoms with Gasteiger partial charge in [0.1, 0.15) is 11.8 Å². The summed E-state index contributed by atoms with van der Waals surface area (Å²) < 4.78 is 25.5. The number of para-hydroxylation sites is 1. The summed E-state index contributed by atoms with van der Waals surface area (Å²) in [4.78, 5) is 13.1. The molecule has 0 aliphatic heterocycles. The molecule has 0 saturated heterocycles. The van der Waals surface area contributed by atoms with E-state index in [0.29, 0.717) is 16.3 Å². The van der Waals surface area contributed by atoms with Gasteiger partial charge < -0.3 is 9.47 Å². The molecule has 0 heterocycles. The second-order valence-electron chi connectivity index (χ2n) is 9.23. The Morgan fingerprint density at radius 2 is 1.80 bits per heavy atom. The van der Waals surface area contributed by atoms with Gasteiger partial charge in [-0.3, -0.25) is 4.79 Å². The van der Waals surface area contributed by atoms with E-state index in [9.17, 15) is 14.4 Å². The lowest BCUT2D eigenvalue weighted by atomic mass is 10.0. The fourth-order valence-corrected chi connectivity index (χ4v) is 4.38. The lowest BCUT2D eigenvalue weighted by molar-refractivity contribution is -0.149. The van der Waals surface area contributed by atoms with Crippen LogP contribution in [0.4, 0.5) is 4.39 Å². The number of halogens is 2. The summed E-state index contributed by atoms with van der Waals surface area (Å²) in [6.07, 6.45) is 0.889. The van der Waals surface area contributed by atoms with Gasteiger partial charge in [-0.15, -0.1) is 0 Å². The van der Waals surface area contributed by atoms with Crippen molar-refractivity contribution in [2.45, 2.75) is 26.9 Å². The number of allylic oxidation sites excluding steroid dienone is 2. The van der Waals surface area contributed by atoms with Crippen molar-refractivity contribution >= 4 is 23.1 Å². The molecule has 0 bridgehead atoms. The topological polar surface area (TPSA) is 59.3 Å². The van der Waals surface area contributed by atoms with Crippen molar-refractivity contribution < 1.29 is 18.7 Å². The average Bonchev–Trinajstić information content (AvgIpc) is 3.39. The molecule has 0 spiro atoms. The Morgan fingerprint density at radius 3 is 2.46 bits per heavy atom. The third-order valence-electron chi connectivity index (χ3n) is 6.47. The number of hydrogen-bond donors (Lipinski definition) is 0. The fraction of sp³-hybridized carbons (Fsp3) is 0.241. The number of hydrogen-bond acceptors (Lipinski definition) is 4. The van der Waals surface area contributed by atoms with Gasteiger partial charge >= 0.3 is 5.97 Å². The highest BCUT2D eigenvalue weighted by Gasteiger charge is 2.61. The highest BCUT2D eigenvalue weighted by atomic mass is 35.5. The summed E-state index contributed by atoms with van der Waals surface area (Å²) in [7, 11) is 0. The summed E-state index contributed by atoms with van der Waals surface area (Å²) in [5, 5.41) is 10.4. The van der Waals surface area contributed by atoms with Crippen LogP contribution >= 0.6 is 11.6 Å². The minimum absolute atomic E-state index is 0.0322. The van der Waals surface area contributed by atoms with E-state index in [2.05, 4.69) is 6.08 Å². The lowest BCUT2D eigenvalue weighted by Gasteiger charge is -2.14. The first kappa shape index (κ1) is 24.5. The Balaban J connectivity index is 1.49.